The van der Waals surface area contributed by atoms with Crippen molar-refractivity contribution in [3.8, 4) is 5.75 Å². The fourth-order valence-corrected chi connectivity index (χ4v) is 4.51. The summed E-state index contributed by atoms with van der Waals surface area (Å²) in [6, 6.07) is 9.32. The van der Waals surface area contributed by atoms with Gasteiger partial charge in [0.1, 0.15) is 5.75 Å². The summed E-state index contributed by atoms with van der Waals surface area (Å²) < 4.78 is 6.54. The van der Waals surface area contributed by atoms with Crippen LogP contribution in [0, 0.1) is 3.57 Å². The molecule has 21 heavy (non-hydrogen) atoms. The number of hydrogen-bond acceptors (Lipinski definition) is 1. The Kier molecular flexibility index (Phi) is 6.51. The van der Waals surface area contributed by atoms with E-state index < -0.39 is 0 Å². The summed E-state index contributed by atoms with van der Waals surface area (Å²) in [5, 5.41) is 1.82. The molecule has 2 aromatic rings. The van der Waals surface area contributed by atoms with Crippen LogP contribution in [0.1, 0.15) is 22.9 Å². The number of halogens is 5. The van der Waals surface area contributed by atoms with Crippen LogP contribution < -0.4 is 4.74 Å². The maximum atomic E-state index is 6.37. The molecule has 112 valence electrons. The number of hydrogen-bond donors (Lipinski definition) is 0. The van der Waals surface area contributed by atoms with E-state index in [1.165, 1.54) is 0 Å². The quantitative estimate of drug-likeness (QED) is 0.308. The zero-order chi connectivity index (χ0) is 15.6. The van der Waals surface area contributed by atoms with Crippen LogP contribution in [0.2, 0.25) is 15.1 Å². The van der Waals surface area contributed by atoms with Crippen molar-refractivity contribution in [2.75, 3.05) is 6.61 Å². The van der Waals surface area contributed by atoms with Gasteiger partial charge < -0.3 is 4.74 Å². The fraction of sp³-hybridized carbons (Fsp3) is 0.200. The lowest BCUT2D eigenvalue weighted by Crippen LogP contribution is -1.99. The molecule has 0 radical (unpaired) electrons. The molecule has 0 amide bonds. The number of benzene rings is 2. The molecule has 0 aromatic heterocycles. The molecule has 1 nitrogen and oxygen atoms in total. The van der Waals surface area contributed by atoms with E-state index in [9.17, 15) is 0 Å². The van der Waals surface area contributed by atoms with Gasteiger partial charge in [-0.3, -0.25) is 0 Å². The zero-order valence-corrected chi connectivity index (χ0v) is 17.0. The first-order chi connectivity index (χ1) is 9.93. The topological polar surface area (TPSA) is 9.23 Å². The highest BCUT2D eigenvalue weighted by atomic mass is 127. The van der Waals surface area contributed by atoms with Crippen molar-refractivity contribution in [1.82, 2.24) is 0 Å². The first-order valence-electron chi connectivity index (χ1n) is 6.14. The van der Waals surface area contributed by atoms with Gasteiger partial charge in [0.15, 0.2) is 0 Å². The Bertz CT molecular complexity index is 664. The molecule has 0 aliphatic rings. The summed E-state index contributed by atoms with van der Waals surface area (Å²) in [7, 11) is 0. The van der Waals surface area contributed by atoms with Crippen molar-refractivity contribution in [1.29, 1.82) is 0 Å². The van der Waals surface area contributed by atoms with E-state index in [1.54, 1.807) is 6.07 Å². The molecular formula is C15H11BrCl3IO. The van der Waals surface area contributed by atoms with E-state index in [-0.39, 0.29) is 4.83 Å². The van der Waals surface area contributed by atoms with Gasteiger partial charge in [0.2, 0.25) is 0 Å². The lowest BCUT2D eigenvalue weighted by molar-refractivity contribution is 0.340. The Morgan fingerprint density at radius 3 is 2.48 bits per heavy atom. The van der Waals surface area contributed by atoms with E-state index in [0.717, 1.165) is 14.7 Å². The molecule has 2 aromatic carbocycles. The second-order valence-corrected chi connectivity index (χ2v) is 7.59. The smallest absolute Gasteiger partial charge is 0.139 e. The Hall–Kier alpha value is 0.320. The molecule has 1 unspecified atom stereocenters. The highest BCUT2D eigenvalue weighted by molar-refractivity contribution is 14.1. The maximum Gasteiger partial charge on any atom is 0.139 e. The van der Waals surface area contributed by atoms with Gasteiger partial charge in [0.05, 0.1) is 16.5 Å². The highest BCUT2D eigenvalue weighted by Crippen LogP contribution is 2.42. The third kappa shape index (κ3) is 4.20. The van der Waals surface area contributed by atoms with Crippen molar-refractivity contribution in [3.05, 3.63) is 60.1 Å². The van der Waals surface area contributed by atoms with Crippen LogP contribution in [0.5, 0.6) is 5.75 Å². The van der Waals surface area contributed by atoms with Crippen LogP contribution in [-0.4, -0.2) is 6.61 Å². The molecule has 0 fully saturated rings. The molecule has 0 aliphatic heterocycles. The van der Waals surface area contributed by atoms with Crippen molar-refractivity contribution >= 4 is 73.3 Å². The van der Waals surface area contributed by atoms with E-state index in [0.29, 0.717) is 27.4 Å². The van der Waals surface area contributed by atoms with Crippen molar-refractivity contribution in [3.63, 3.8) is 0 Å². The van der Waals surface area contributed by atoms with Gasteiger partial charge in [-0.2, -0.15) is 0 Å². The number of alkyl halides is 1. The van der Waals surface area contributed by atoms with Gasteiger partial charge in [0.25, 0.3) is 0 Å². The molecule has 0 aliphatic carbocycles. The molecule has 6 heteroatoms. The minimum atomic E-state index is -0.0937. The molecule has 2 rings (SSSR count). The second-order valence-electron chi connectivity index (χ2n) is 4.27. The predicted octanol–water partition coefficient (Wildman–Crippen LogP) is 7.13. The second kappa shape index (κ2) is 7.73. The van der Waals surface area contributed by atoms with Crippen molar-refractivity contribution in [2.45, 2.75) is 11.8 Å². The third-order valence-corrected chi connectivity index (χ3v) is 5.68. The van der Waals surface area contributed by atoms with Crippen LogP contribution in [-0.2, 0) is 0 Å². The Morgan fingerprint density at radius 2 is 1.81 bits per heavy atom. The lowest BCUT2D eigenvalue weighted by Gasteiger charge is -2.16. The molecular weight excluding hydrogens is 509 g/mol. The normalized spacial score (nSPS) is 12.3. The fourth-order valence-electron chi connectivity index (χ4n) is 1.88. The van der Waals surface area contributed by atoms with Gasteiger partial charge in [-0.05, 0) is 64.9 Å². The third-order valence-electron chi connectivity index (χ3n) is 2.86. The number of rotatable bonds is 4. The molecule has 0 saturated heterocycles. The minimum absolute atomic E-state index is 0.0937. The van der Waals surface area contributed by atoms with Gasteiger partial charge in [-0.15, -0.1) is 0 Å². The van der Waals surface area contributed by atoms with Crippen LogP contribution in [0.15, 0.2) is 30.3 Å². The zero-order valence-electron chi connectivity index (χ0n) is 11.0. The van der Waals surface area contributed by atoms with E-state index in [4.69, 9.17) is 39.5 Å². The molecule has 0 heterocycles. The molecule has 0 bridgehead atoms. The monoisotopic (exact) mass is 518 g/mol. The summed E-state index contributed by atoms with van der Waals surface area (Å²) >= 11 is 24.7. The van der Waals surface area contributed by atoms with Gasteiger partial charge >= 0.3 is 0 Å². The summed E-state index contributed by atoms with van der Waals surface area (Å²) in [5.74, 6) is 0.591. The van der Waals surface area contributed by atoms with Crippen LogP contribution in [0.4, 0.5) is 0 Å². The largest absolute Gasteiger partial charge is 0.492 e. The highest BCUT2D eigenvalue weighted by Gasteiger charge is 2.19. The summed E-state index contributed by atoms with van der Waals surface area (Å²) in [6.45, 7) is 2.44. The lowest BCUT2D eigenvalue weighted by atomic mass is 10.0. The van der Waals surface area contributed by atoms with Gasteiger partial charge in [0, 0.05) is 19.7 Å². The first-order valence-corrected chi connectivity index (χ1v) is 9.27. The van der Waals surface area contributed by atoms with E-state index in [2.05, 4.69) is 38.5 Å². The minimum Gasteiger partial charge on any atom is -0.492 e. The van der Waals surface area contributed by atoms with Crippen molar-refractivity contribution < 1.29 is 4.74 Å². The summed E-state index contributed by atoms with van der Waals surface area (Å²) in [4.78, 5) is -0.0937. The maximum absolute atomic E-state index is 6.37. The van der Waals surface area contributed by atoms with Crippen LogP contribution in [0.25, 0.3) is 0 Å². The molecule has 0 N–H and O–H groups in total. The standard InChI is InChI=1S/C15H11BrCl3IO/c1-2-21-14-7-11(18)9(6-12(14)19)15(16)10-5-8(17)3-4-13(10)20/h3-7,15H,2H2,1H3. The Labute approximate surface area is 161 Å². The van der Waals surface area contributed by atoms with E-state index in [1.807, 2.05) is 31.2 Å². The van der Waals surface area contributed by atoms with E-state index >= 15 is 0 Å². The SMILES string of the molecule is CCOc1cc(Cl)c(C(Br)c2cc(Cl)ccc2I)cc1Cl. The van der Waals surface area contributed by atoms with Gasteiger partial charge in [-0.25, -0.2) is 0 Å². The molecule has 1 atom stereocenters. The average molecular weight is 520 g/mol. The van der Waals surface area contributed by atoms with Gasteiger partial charge in [-0.1, -0.05) is 50.7 Å². The Morgan fingerprint density at radius 1 is 1.10 bits per heavy atom. The molecule has 0 spiro atoms. The summed E-state index contributed by atoms with van der Waals surface area (Å²) in [6.07, 6.45) is 0. The Balaban J connectivity index is 2.46. The predicted molar refractivity (Wildman–Crippen MR) is 103 cm³/mol. The average Bonchev–Trinajstić information content (AvgIpc) is 2.44. The first kappa shape index (κ1) is 17.7. The number of ether oxygens (including phenoxy) is 1. The van der Waals surface area contributed by atoms with Crippen LogP contribution in [0.3, 0.4) is 0 Å². The summed E-state index contributed by atoms with van der Waals surface area (Å²) in [5.41, 5.74) is 1.93. The van der Waals surface area contributed by atoms with Crippen LogP contribution >= 0.6 is 73.3 Å². The van der Waals surface area contributed by atoms with Crippen molar-refractivity contribution in [2.24, 2.45) is 0 Å². The molecule has 0 saturated carbocycles.